The van der Waals surface area contributed by atoms with Gasteiger partial charge < -0.3 is 10.0 Å². The van der Waals surface area contributed by atoms with Crippen LogP contribution in [-0.4, -0.2) is 35.0 Å². The first kappa shape index (κ1) is 14.0. The first-order chi connectivity index (χ1) is 8.04. The number of carbonyl (C=O) groups is 2. The average molecular weight is 241 g/mol. The van der Waals surface area contributed by atoms with Crippen LogP contribution in [0.3, 0.4) is 0 Å². The van der Waals surface area contributed by atoms with E-state index in [1.807, 2.05) is 18.9 Å². The van der Waals surface area contributed by atoms with Crippen molar-refractivity contribution in [1.82, 2.24) is 4.90 Å². The van der Waals surface area contributed by atoms with Gasteiger partial charge in [-0.2, -0.15) is 0 Å². The van der Waals surface area contributed by atoms with Crippen molar-refractivity contribution in [2.24, 2.45) is 5.92 Å². The maximum absolute atomic E-state index is 11.7. The van der Waals surface area contributed by atoms with E-state index in [-0.39, 0.29) is 12.3 Å². The van der Waals surface area contributed by atoms with Gasteiger partial charge in [0.1, 0.15) is 0 Å². The first-order valence-corrected chi connectivity index (χ1v) is 6.52. The van der Waals surface area contributed by atoms with Gasteiger partial charge in [-0.1, -0.05) is 6.92 Å². The molecule has 1 N–H and O–H groups in total. The summed E-state index contributed by atoms with van der Waals surface area (Å²) in [7, 11) is 1.88. The molecule has 0 radical (unpaired) electrons. The van der Waals surface area contributed by atoms with Crippen LogP contribution in [0.25, 0.3) is 0 Å². The summed E-state index contributed by atoms with van der Waals surface area (Å²) in [6.07, 6.45) is 5.54. The highest BCUT2D eigenvalue weighted by Crippen LogP contribution is 2.29. The fraction of sp³-hybridized carbons (Fsp3) is 0.846. The van der Waals surface area contributed by atoms with Gasteiger partial charge in [0.15, 0.2) is 0 Å². The van der Waals surface area contributed by atoms with Gasteiger partial charge in [-0.3, -0.25) is 9.59 Å². The molecule has 0 aliphatic heterocycles. The normalized spacial score (nSPS) is 24.4. The molecule has 1 aliphatic carbocycles. The van der Waals surface area contributed by atoms with E-state index in [0.29, 0.717) is 18.4 Å². The fourth-order valence-electron chi connectivity index (χ4n) is 2.58. The monoisotopic (exact) mass is 241 g/mol. The lowest BCUT2D eigenvalue weighted by atomic mass is 9.83. The molecule has 0 aromatic rings. The van der Waals surface area contributed by atoms with Crippen LogP contribution in [0.15, 0.2) is 0 Å². The van der Waals surface area contributed by atoms with E-state index in [1.165, 1.54) is 0 Å². The molecular weight excluding hydrogens is 218 g/mol. The summed E-state index contributed by atoms with van der Waals surface area (Å²) < 4.78 is 0. The summed E-state index contributed by atoms with van der Waals surface area (Å²) in [4.78, 5) is 24.2. The van der Waals surface area contributed by atoms with Crippen LogP contribution in [0.2, 0.25) is 0 Å². The Morgan fingerprint density at radius 3 is 2.29 bits per heavy atom. The lowest BCUT2D eigenvalue weighted by Gasteiger charge is -2.34. The van der Waals surface area contributed by atoms with Crippen molar-refractivity contribution in [3.05, 3.63) is 0 Å². The second kappa shape index (κ2) is 6.62. The average Bonchev–Trinajstić information content (AvgIpc) is 2.28. The van der Waals surface area contributed by atoms with Crippen LogP contribution in [0, 0.1) is 5.92 Å². The van der Waals surface area contributed by atoms with Crippen LogP contribution in [0.5, 0.6) is 0 Å². The maximum atomic E-state index is 11.7. The van der Waals surface area contributed by atoms with Crippen LogP contribution in [0.1, 0.15) is 51.9 Å². The highest BCUT2D eigenvalue weighted by molar-refractivity contribution is 5.76. The summed E-state index contributed by atoms with van der Waals surface area (Å²) in [5.41, 5.74) is 0. The van der Waals surface area contributed by atoms with E-state index in [2.05, 4.69) is 0 Å². The molecule has 0 saturated heterocycles. The summed E-state index contributed by atoms with van der Waals surface area (Å²) in [5.74, 6) is -0.184. The Morgan fingerprint density at radius 1 is 1.24 bits per heavy atom. The topological polar surface area (TPSA) is 57.6 Å². The number of carboxylic acids is 1. The molecule has 1 aliphatic rings. The number of nitrogens with zero attached hydrogens (tertiary/aromatic N) is 1. The third-order valence-corrected chi connectivity index (χ3v) is 3.68. The number of amides is 1. The van der Waals surface area contributed by atoms with E-state index < -0.39 is 5.97 Å². The Hall–Kier alpha value is -1.06. The highest BCUT2D eigenvalue weighted by Gasteiger charge is 2.27. The molecule has 0 unspecified atom stereocenters. The van der Waals surface area contributed by atoms with Crippen molar-refractivity contribution in [3.63, 3.8) is 0 Å². The van der Waals surface area contributed by atoms with Crippen LogP contribution >= 0.6 is 0 Å². The Morgan fingerprint density at radius 2 is 1.82 bits per heavy atom. The van der Waals surface area contributed by atoms with Gasteiger partial charge in [-0.05, 0) is 38.0 Å². The molecule has 1 rings (SSSR count). The second-order valence-corrected chi connectivity index (χ2v) is 5.03. The molecule has 0 bridgehead atoms. The third-order valence-electron chi connectivity index (χ3n) is 3.68. The molecule has 1 saturated carbocycles. The predicted octanol–water partition coefficient (Wildman–Crippen LogP) is 2.28. The number of rotatable bonds is 5. The van der Waals surface area contributed by atoms with Gasteiger partial charge in [-0.15, -0.1) is 0 Å². The molecule has 0 spiro atoms. The Balaban J connectivity index is 2.35. The first-order valence-electron chi connectivity index (χ1n) is 6.52. The smallest absolute Gasteiger partial charge is 0.303 e. The summed E-state index contributed by atoms with van der Waals surface area (Å²) >= 11 is 0. The SMILES string of the molecule is CCCC(=O)N(C)C1CCC(CC(=O)O)CC1. The molecular formula is C13H23NO3. The van der Waals surface area contributed by atoms with E-state index in [1.54, 1.807) is 0 Å². The quantitative estimate of drug-likeness (QED) is 0.803. The minimum absolute atomic E-state index is 0.217. The van der Waals surface area contributed by atoms with Crippen molar-refractivity contribution in [2.75, 3.05) is 7.05 Å². The van der Waals surface area contributed by atoms with Crippen molar-refractivity contribution < 1.29 is 14.7 Å². The van der Waals surface area contributed by atoms with Gasteiger partial charge in [0.05, 0.1) is 0 Å². The summed E-state index contributed by atoms with van der Waals surface area (Å²) in [6, 6.07) is 0.319. The van der Waals surface area contributed by atoms with Crippen molar-refractivity contribution in [1.29, 1.82) is 0 Å². The fourth-order valence-corrected chi connectivity index (χ4v) is 2.58. The Bertz CT molecular complexity index is 270. The van der Waals surface area contributed by atoms with Crippen molar-refractivity contribution in [3.8, 4) is 0 Å². The minimum Gasteiger partial charge on any atom is -0.481 e. The van der Waals surface area contributed by atoms with Gasteiger partial charge in [0, 0.05) is 25.9 Å². The highest BCUT2D eigenvalue weighted by atomic mass is 16.4. The molecule has 0 aromatic heterocycles. The zero-order valence-electron chi connectivity index (χ0n) is 10.8. The number of hydrogen-bond acceptors (Lipinski definition) is 2. The van der Waals surface area contributed by atoms with Crippen molar-refractivity contribution >= 4 is 11.9 Å². The summed E-state index contributed by atoms with van der Waals surface area (Å²) in [5, 5.41) is 8.73. The molecule has 98 valence electrons. The number of hydrogen-bond donors (Lipinski definition) is 1. The second-order valence-electron chi connectivity index (χ2n) is 5.03. The number of carbonyl (C=O) groups excluding carboxylic acids is 1. The Kier molecular flexibility index (Phi) is 5.45. The molecule has 4 heteroatoms. The zero-order valence-corrected chi connectivity index (χ0v) is 10.8. The van der Waals surface area contributed by atoms with E-state index in [0.717, 1.165) is 32.1 Å². The third kappa shape index (κ3) is 4.36. The van der Waals surface area contributed by atoms with Crippen LogP contribution in [0.4, 0.5) is 0 Å². The predicted molar refractivity (Wildman–Crippen MR) is 65.7 cm³/mol. The van der Waals surface area contributed by atoms with Crippen LogP contribution < -0.4 is 0 Å². The number of aliphatic carboxylic acids is 1. The van der Waals surface area contributed by atoms with Gasteiger partial charge >= 0.3 is 5.97 Å². The molecule has 17 heavy (non-hydrogen) atoms. The summed E-state index contributed by atoms with van der Waals surface area (Å²) in [6.45, 7) is 2.01. The van der Waals surface area contributed by atoms with E-state index >= 15 is 0 Å². The zero-order chi connectivity index (χ0) is 12.8. The van der Waals surface area contributed by atoms with Crippen LogP contribution in [-0.2, 0) is 9.59 Å². The molecule has 0 atom stereocenters. The number of carboxylic acid groups (broad SMARTS) is 1. The van der Waals surface area contributed by atoms with Gasteiger partial charge in [-0.25, -0.2) is 0 Å². The Labute approximate surface area is 103 Å². The van der Waals surface area contributed by atoms with E-state index in [9.17, 15) is 9.59 Å². The largest absolute Gasteiger partial charge is 0.481 e. The lowest BCUT2D eigenvalue weighted by Crippen LogP contribution is -2.39. The van der Waals surface area contributed by atoms with Gasteiger partial charge in [0.25, 0.3) is 0 Å². The lowest BCUT2D eigenvalue weighted by molar-refractivity contribution is -0.139. The molecule has 1 fully saturated rings. The molecule has 4 nitrogen and oxygen atoms in total. The molecule has 1 amide bonds. The maximum Gasteiger partial charge on any atom is 0.303 e. The minimum atomic E-state index is -0.705. The van der Waals surface area contributed by atoms with Gasteiger partial charge in [0.2, 0.25) is 5.91 Å². The standard InChI is InChI=1S/C13H23NO3/c1-3-4-12(15)14(2)11-7-5-10(6-8-11)9-13(16)17/h10-11H,3-9H2,1-2H3,(H,16,17). The molecule has 0 heterocycles. The van der Waals surface area contributed by atoms with Crippen molar-refractivity contribution in [2.45, 2.75) is 57.9 Å². The molecule has 0 aromatic carbocycles. The van der Waals surface area contributed by atoms with E-state index in [4.69, 9.17) is 5.11 Å².